The van der Waals surface area contributed by atoms with Crippen LogP contribution in [-0.4, -0.2) is 64.5 Å². The SMILES string of the molecule is CC(C)Oc1ccc(-c2nnc(N3CCC(N4CCCC(C(=O)O)C4)CC3)s2)cc1Cl. The number of anilines is 1. The topological polar surface area (TPSA) is 78.8 Å². The van der Waals surface area contributed by atoms with Crippen molar-refractivity contribution < 1.29 is 14.6 Å². The summed E-state index contributed by atoms with van der Waals surface area (Å²) in [5.74, 6) is -0.204. The lowest BCUT2D eigenvalue weighted by Gasteiger charge is -2.41. The zero-order valence-electron chi connectivity index (χ0n) is 18.0. The molecule has 1 aromatic carbocycles. The molecule has 2 aliphatic rings. The van der Waals surface area contributed by atoms with Gasteiger partial charge in [-0.05, 0) is 64.3 Å². The maximum atomic E-state index is 11.4. The molecule has 0 radical (unpaired) electrons. The number of ether oxygens (including phenoxy) is 1. The Hall–Kier alpha value is -1.90. The number of nitrogens with zero attached hydrogens (tertiary/aromatic N) is 4. The normalized spacial score (nSPS) is 20.9. The minimum Gasteiger partial charge on any atom is -0.489 e. The molecule has 2 saturated heterocycles. The lowest BCUT2D eigenvalue weighted by molar-refractivity contribution is -0.144. The van der Waals surface area contributed by atoms with Crippen LogP contribution >= 0.6 is 22.9 Å². The largest absolute Gasteiger partial charge is 0.489 e. The second-order valence-corrected chi connectivity index (χ2v) is 9.96. The highest BCUT2D eigenvalue weighted by Gasteiger charge is 2.32. The summed E-state index contributed by atoms with van der Waals surface area (Å²) in [7, 11) is 0. The summed E-state index contributed by atoms with van der Waals surface area (Å²) in [5, 5.41) is 20.5. The summed E-state index contributed by atoms with van der Waals surface area (Å²) < 4.78 is 5.71. The van der Waals surface area contributed by atoms with Crippen molar-refractivity contribution in [2.75, 3.05) is 31.1 Å². The summed E-state index contributed by atoms with van der Waals surface area (Å²) in [4.78, 5) is 16.0. The molecule has 9 heteroatoms. The van der Waals surface area contributed by atoms with Crippen LogP contribution in [0.3, 0.4) is 0 Å². The van der Waals surface area contributed by atoms with E-state index in [2.05, 4.69) is 20.0 Å². The highest BCUT2D eigenvalue weighted by Crippen LogP contribution is 2.35. The molecule has 168 valence electrons. The van der Waals surface area contributed by atoms with Crippen LogP contribution < -0.4 is 9.64 Å². The van der Waals surface area contributed by atoms with Gasteiger partial charge in [-0.25, -0.2) is 0 Å². The van der Waals surface area contributed by atoms with Crippen LogP contribution in [0.5, 0.6) is 5.75 Å². The predicted octanol–water partition coefficient (Wildman–Crippen LogP) is 4.41. The summed E-state index contributed by atoms with van der Waals surface area (Å²) in [6.07, 6.45) is 3.88. The number of hydrogen-bond acceptors (Lipinski definition) is 7. The number of carboxylic acid groups (broad SMARTS) is 1. The Morgan fingerprint density at radius 1 is 1.23 bits per heavy atom. The number of carboxylic acids is 1. The van der Waals surface area contributed by atoms with E-state index in [0.717, 1.165) is 61.0 Å². The average molecular weight is 465 g/mol. The van der Waals surface area contributed by atoms with Crippen molar-refractivity contribution in [3.8, 4) is 16.3 Å². The van der Waals surface area contributed by atoms with Gasteiger partial charge in [0.1, 0.15) is 10.8 Å². The molecule has 2 aliphatic heterocycles. The quantitative estimate of drug-likeness (QED) is 0.678. The number of hydrogen-bond donors (Lipinski definition) is 1. The molecule has 1 N–H and O–H groups in total. The molecular formula is C22H29ClN4O3S. The average Bonchev–Trinajstić information content (AvgIpc) is 3.25. The highest BCUT2D eigenvalue weighted by atomic mass is 35.5. The maximum absolute atomic E-state index is 11.4. The molecule has 1 unspecified atom stereocenters. The fraction of sp³-hybridized carbons (Fsp3) is 0.591. The number of halogens is 1. The number of piperidine rings is 2. The van der Waals surface area contributed by atoms with Gasteiger partial charge in [0.05, 0.1) is 17.0 Å². The van der Waals surface area contributed by atoms with Gasteiger partial charge in [0.25, 0.3) is 0 Å². The van der Waals surface area contributed by atoms with Crippen molar-refractivity contribution in [2.24, 2.45) is 5.92 Å². The highest BCUT2D eigenvalue weighted by molar-refractivity contribution is 7.18. The molecule has 2 aromatic rings. The molecule has 7 nitrogen and oxygen atoms in total. The lowest BCUT2D eigenvalue weighted by Crippen LogP contribution is -2.49. The fourth-order valence-electron chi connectivity index (χ4n) is 4.41. The molecule has 3 heterocycles. The first kappa shape index (κ1) is 22.3. The van der Waals surface area contributed by atoms with E-state index in [4.69, 9.17) is 16.3 Å². The third-order valence-electron chi connectivity index (χ3n) is 6.01. The van der Waals surface area contributed by atoms with Crippen molar-refractivity contribution in [3.05, 3.63) is 23.2 Å². The van der Waals surface area contributed by atoms with E-state index in [-0.39, 0.29) is 12.0 Å². The van der Waals surface area contributed by atoms with Crippen LogP contribution in [0.4, 0.5) is 5.13 Å². The molecule has 0 bridgehead atoms. The van der Waals surface area contributed by atoms with E-state index in [1.165, 1.54) is 0 Å². The smallest absolute Gasteiger partial charge is 0.307 e. The van der Waals surface area contributed by atoms with Crippen LogP contribution in [0.2, 0.25) is 5.02 Å². The van der Waals surface area contributed by atoms with Gasteiger partial charge in [0.15, 0.2) is 0 Å². The number of likely N-dealkylation sites (tertiary alicyclic amines) is 1. The number of rotatable bonds is 6. The number of aliphatic carboxylic acids is 1. The molecule has 1 aromatic heterocycles. The number of carbonyl (C=O) groups is 1. The monoisotopic (exact) mass is 464 g/mol. The Kier molecular flexibility index (Phi) is 6.99. The Morgan fingerprint density at radius 3 is 2.68 bits per heavy atom. The Labute approximate surface area is 192 Å². The van der Waals surface area contributed by atoms with Gasteiger partial charge in [-0.1, -0.05) is 22.9 Å². The van der Waals surface area contributed by atoms with E-state index in [0.29, 0.717) is 23.4 Å². The molecular weight excluding hydrogens is 436 g/mol. The molecule has 2 fully saturated rings. The van der Waals surface area contributed by atoms with Crippen LogP contribution in [0.1, 0.15) is 39.5 Å². The second-order valence-electron chi connectivity index (χ2n) is 8.59. The first-order chi connectivity index (χ1) is 14.9. The minimum absolute atomic E-state index is 0.0689. The van der Waals surface area contributed by atoms with Crippen LogP contribution in [-0.2, 0) is 4.79 Å². The third kappa shape index (κ3) is 5.30. The molecule has 1 atom stereocenters. The first-order valence-corrected chi connectivity index (χ1v) is 12.1. The van der Waals surface area contributed by atoms with Gasteiger partial charge in [-0.2, -0.15) is 0 Å². The summed E-state index contributed by atoms with van der Waals surface area (Å²) in [5.41, 5.74) is 0.938. The fourth-order valence-corrected chi connectivity index (χ4v) is 5.52. The zero-order valence-corrected chi connectivity index (χ0v) is 19.5. The lowest BCUT2D eigenvalue weighted by atomic mass is 9.94. The van der Waals surface area contributed by atoms with Gasteiger partial charge in [-0.3, -0.25) is 9.69 Å². The summed E-state index contributed by atoms with van der Waals surface area (Å²) in [6, 6.07) is 6.19. The van der Waals surface area contributed by atoms with Crippen molar-refractivity contribution >= 4 is 34.0 Å². The number of benzene rings is 1. The van der Waals surface area contributed by atoms with Crippen molar-refractivity contribution in [1.82, 2.24) is 15.1 Å². The molecule has 0 aliphatic carbocycles. The molecule has 31 heavy (non-hydrogen) atoms. The van der Waals surface area contributed by atoms with Crippen LogP contribution in [0.25, 0.3) is 10.6 Å². The summed E-state index contributed by atoms with van der Waals surface area (Å²) >= 11 is 7.95. The zero-order chi connectivity index (χ0) is 22.0. The molecule has 4 rings (SSSR count). The van der Waals surface area contributed by atoms with E-state index >= 15 is 0 Å². The van der Waals surface area contributed by atoms with E-state index in [1.807, 2.05) is 32.0 Å². The Balaban J connectivity index is 1.36. The van der Waals surface area contributed by atoms with Gasteiger partial charge in [0.2, 0.25) is 5.13 Å². The van der Waals surface area contributed by atoms with E-state index in [1.54, 1.807) is 11.3 Å². The number of aromatic nitrogens is 2. The Morgan fingerprint density at radius 2 is 2.00 bits per heavy atom. The van der Waals surface area contributed by atoms with Gasteiger partial charge in [0, 0.05) is 31.2 Å². The van der Waals surface area contributed by atoms with E-state index in [9.17, 15) is 9.90 Å². The maximum Gasteiger partial charge on any atom is 0.307 e. The molecule has 0 amide bonds. The van der Waals surface area contributed by atoms with Crippen molar-refractivity contribution in [2.45, 2.75) is 51.7 Å². The predicted molar refractivity (Wildman–Crippen MR) is 123 cm³/mol. The minimum atomic E-state index is -0.660. The van der Waals surface area contributed by atoms with Crippen molar-refractivity contribution in [1.29, 1.82) is 0 Å². The standard InChI is InChI=1S/C22H29ClN4O3S/c1-14(2)30-19-6-5-15(12-18(19)23)20-24-25-22(31-20)26-10-7-17(8-11-26)27-9-3-4-16(13-27)21(28)29/h5-6,12,14,16-17H,3-4,7-11,13H2,1-2H3,(H,28,29). The Bertz CT molecular complexity index is 914. The summed E-state index contributed by atoms with van der Waals surface area (Å²) in [6.45, 7) is 7.46. The molecule has 0 saturated carbocycles. The van der Waals surface area contributed by atoms with Crippen LogP contribution in [0.15, 0.2) is 18.2 Å². The van der Waals surface area contributed by atoms with Crippen LogP contribution in [0, 0.1) is 5.92 Å². The van der Waals surface area contributed by atoms with E-state index < -0.39 is 5.97 Å². The molecule has 0 spiro atoms. The van der Waals surface area contributed by atoms with Gasteiger partial charge >= 0.3 is 5.97 Å². The third-order valence-corrected chi connectivity index (χ3v) is 7.34. The van der Waals surface area contributed by atoms with Gasteiger partial charge < -0.3 is 14.7 Å². The van der Waals surface area contributed by atoms with Gasteiger partial charge in [-0.15, -0.1) is 10.2 Å². The van der Waals surface area contributed by atoms with Crippen molar-refractivity contribution in [3.63, 3.8) is 0 Å². The second kappa shape index (κ2) is 9.71. The first-order valence-electron chi connectivity index (χ1n) is 10.9.